The Morgan fingerprint density at radius 2 is 1.54 bits per heavy atom. The first kappa shape index (κ1) is 30.2. The molecule has 2 N–H and O–H groups in total. The Balaban J connectivity index is 0.000000466. The van der Waals surface area contributed by atoms with Crippen molar-refractivity contribution in [2.75, 3.05) is 39.3 Å². The van der Waals surface area contributed by atoms with Crippen LogP contribution < -0.4 is 0 Å². The zero-order valence-electron chi connectivity index (χ0n) is 23.0. The predicted octanol–water partition coefficient (Wildman–Crippen LogP) is 2.18. The van der Waals surface area contributed by atoms with Crippen molar-refractivity contribution >= 4 is 17.8 Å². The van der Waals surface area contributed by atoms with Gasteiger partial charge in [0.1, 0.15) is 18.3 Å². The highest BCUT2D eigenvalue weighted by Gasteiger charge is 2.31. The van der Waals surface area contributed by atoms with Gasteiger partial charge in [-0.05, 0) is 57.5 Å². The molecule has 2 saturated heterocycles. The predicted molar refractivity (Wildman–Crippen MR) is 143 cm³/mol. The molecule has 0 bridgehead atoms. The minimum atomic E-state index is -0.833. The van der Waals surface area contributed by atoms with E-state index in [9.17, 15) is 4.79 Å². The van der Waals surface area contributed by atoms with E-state index in [0.717, 1.165) is 43.5 Å². The molecular formula is C27H40N6O6. The normalized spacial score (nSPS) is 19.9. The van der Waals surface area contributed by atoms with Crippen LogP contribution in [0, 0.1) is 18.8 Å². The molecule has 3 fully saturated rings. The van der Waals surface area contributed by atoms with Crippen LogP contribution >= 0.6 is 0 Å². The molecule has 0 aromatic carbocycles. The van der Waals surface area contributed by atoms with Crippen molar-refractivity contribution in [2.45, 2.75) is 59.1 Å². The summed E-state index contributed by atoms with van der Waals surface area (Å²) in [6.07, 6.45) is 12.5. The number of carboxylic acid groups (broad SMARTS) is 2. The van der Waals surface area contributed by atoms with Crippen molar-refractivity contribution in [3.05, 3.63) is 30.6 Å². The summed E-state index contributed by atoms with van der Waals surface area (Å²) < 4.78 is 7.95. The highest BCUT2D eigenvalue weighted by Crippen LogP contribution is 2.31. The first-order chi connectivity index (χ1) is 18.6. The summed E-state index contributed by atoms with van der Waals surface area (Å²) in [7, 11) is 0. The number of imidazole rings is 1. The second-order valence-corrected chi connectivity index (χ2v) is 10.4. The number of amides is 1. The molecule has 0 spiro atoms. The van der Waals surface area contributed by atoms with Crippen LogP contribution in [0.4, 0.5) is 0 Å². The molecule has 4 heterocycles. The number of carboxylic acids is 2. The molecule has 1 aliphatic carbocycles. The van der Waals surface area contributed by atoms with Gasteiger partial charge in [-0.15, -0.1) is 0 Å². The van der Waals surface area contributed by atoms with Crippen LogP contribution in [0.3, 0.4) is 0 Å². The van der Waals surface area contributed by atoms with E-state index in [1.54, 1.807) is 18.6 Å². The number of carbonyl (C=O) groups is 3. The van der Waals surface area contributed by atoms with E-state index in [1.807, 2.05) is 18.0 Å². The molecule has 1 saturated carbocycles. The van der Waals surface area contributed by atoms with Gasteiger partial charge in [0.05, 0.1) is 18.2 Å². The van der Waals surface area contributed by atoms with Gasteiger partial charge in [0, 0.05) is 58.3 Å². The molecular weight excluding hydrogens is 504 g/mol. The van der Waals surface area contributed by atoms with E-state index in [2.05, 4.69) is 24.4 Å². The maximum atomic E-state index is 12.5. The number of nitrogens with zero attached hydrogens (tertiary/aromatic N) is 6. The summed E-state index contributed by atoms with van der Waals surface area (Å²) >= 11 is 0. The molecule has 3 aliphatic rings. The monoisotopic (exact) mass is 544 g/mol. The lowest BCUT2D eigenvalue weighted by molar-refractivity contribution is -0.150. The van der Waals surface area contributed by atoms with Crippen LogP contribution in [-0.2, 0) is 25.7 Å². The third-order valence-electron chi connectivity index (χ3n) is 6.77. The summed E-state index contributed by atoms with van der Waals surface area (Å²) in [5.74, 6) is 1.58. The Labute approximate surface area is 229 Å². The van der Waals surface area contributed by atoms with Gasteiger partial charge in [0.2, 0.25) is 5.91 Å². The zero-order chi connectivity index (χ0) is 28.4. The third-order valence-corrected chi connectivity index (χ3v) is 6.77. The summed E-state index contributed by atoms with van der Waals surface area (Å²) in [5.41, 5.74) is 0.886. The van der Waals surface area contributed by atoms with Crippen molar-refractivity contribution in [3.8, 4) is 11.4 Å². The molecule has 2 aromatic heterocycles. The fraction of sp³-hybridized carbons (Fsp3) is 0.630. The topological polar surface area (TPSA) is 151 Å². The molecule has 214 valence electrons. The van der Waals surface area contributed by atoms with E-state index >= 15 is 0 Å². The highest BCUT2D eigenvalue weighted by atomic mass is 16.5. The van der Waals surface area contributed by atoms with Gasteiger partial charge in [-0.1, -0.05) is 0 Å². The Morgan fingerprint density at radius 3 is 2.13 bits per heavy atom. The minimum absolute atomic E-state index is 0.0352. The molecule has 1 atom stereocenters. The summed E-state index contributed by atoms with van der Waals surface area (Å²) in [6, 6.07) is 0. The van der Waals surface area contributed by atoms with Gasteiger partial charge < -0.3 is 29.3 Å². The number of carbonyl (C=O) groups excluding carboxylic acids is 1. The maximum Gasteiger partial charge on any atom is 0.300 e. The molecule has 2 aliphatic heterocycles. The average Bonchev–Trinajstić information content (AvgIpc) is 3.57. The van der Waals surface area contributed by atoms with Gasteiger partial charge >= 0.3 is 0 Å². The van der Waals surface area contributed by atoms with Crippen molar-refractivity contribution in [2.24, 2.45) is 11.8 Å². The molecule has 5 rings (SSSR count). The molecule has 12 nitrogen and oxygen atoms in total. The minimum Gasteiger partial charge on any atom is -0.481 e. The van der Waals surface area contributed by atoms with E-state index in [-0.39, 0.29) is 18.6 Å². The number of morpholine rings is 1. The van der Waals surface area contributed by atoms with Gasteiger partial charge in [0.15, 0.2) is 0 Å². The third kappa shape index (κ3) is 10.7. The van der Waals surface area contributed by atoms with Crippen LogP contribution in [0.2, 0.25) is 0 Å². The molecule has 2 aromatic rings. The van der Waals surface area contributed by atoms with E-state index in [4.69, 9.17) is 24.5 Å². The number of aliphatic carboxylic acids is 2. The zero-order valence-corrected chi connectivity index (χ0v) is 23.0. The second-order valence-electron chi connectivity index (χ2n) is 10.4. The lowest BCUT2D eigenvalue weighted by atomic mass is 9.95. The van der Waals surface area contributed by atoms with Gasteiger partial charge in [-0.3, -0.25) is 14.4 Å². The fourth-order valence-electron chi connectivity index (χ4n) is 4.74. The first-order valence-corrected chi connectivity index (χ1v) is 13.4. The molecule has 12 heteroatoms. The fourth-order valence-corrected chi connectivity index (χ4v) is 4.74. The SMILES string of the molecule is CC(=O)O.CC(=O)O.Cc1ncc(-c2nccn2CC2CN(CC3CCN(CC4CC4)CC3)C(=O)CO2)cn1. The number of hydrogen-bond acceptors (Lipinski definition) is 8. The Kier molecular flexibility index (Phi) is 11.4. The van der Waals surface area contributed by atoms with Gasteiger partial charge in [-0.25, -0.2) is 15.0 Å². The summed E-state index contributed by atoms with van der Waals surface area (Å²) in [6.45, 7) is 10.0. The van der Waals surface area contributed by atoms with Crippen molar-refractivity contribution < 1.29 is 29.3 Å². The molecule has 39 heavy (non-hydrogen) atoms. The Bertz CT molecular complexity index is 1060. The van der Waals surface area contributed by atoms with Crippen LogP contribution in [0.1, 0.15) is 45.4 Å². The summed E-state index contributed by atoms with van der Waals surface area (Å²) in [4.78, 5) is 48.2. The molecule has 1 unspecified atom stereocenters. The lowest BCUT2D eigenvalue weighted by Gasteiger charge is -2.38. The van der Waals surface area contributed by atoms with Crippen molar-refractivity contribution in [3.63, 3.8) is 0 Å². The molecule has 1 amide bonds. The smallest absolute Gasteiger partial charge is 0.300 e. The molecule has 0 radical (unpaired) electrons. The van der Waals surface area contributed by atoms with E-state index in [1.165, 1.54) is 45.3 Å². The number of likely N-dealkylation sites (tertiary alicyclic amines) is 1. The number of rotatable bonds is 7. The summed E-state index contributed by atoms with van der Waals surface area (Å²) in [5, 5.41) is 14.8. The largest absolute Gasteiger partial charge is 0.481 e. The van der Waals surface area contributed by atoms with Crippen LogP contribution in [0.5, 0.6) is 0 Å². The standard InChI is InChI=1S/C23H32N6O2.2C2H4O2/c1-17-25-10-20(11-26-17)23-24-6-9-28(23)14-21-15-29(22(30)16-31-21)13-19-4-7-27(8-5-19)12-18-2-3-18;2*1-2(3)4/h6,9-11,18-19,21H,2-5,7-8,12-16H2,1H3;2*1H3,(H,3,4). The van der Waals surface area contributed by atoms with Crippen molar-refractivity contribution in [1.82, 2.24) is 29.3 Å². The van der Waals surface area contributed by atoms with Gasteiger partial charge in [-0.2, -0.15) is 0 Å². The number of hydrogen-bond donors (Lipinski definition) is 2. The maximum absolute atomic E-state index is 12.5. The van der Waals surface area contributed by atoms with E-state index < -0.39 is 11.9 Å². The van der Waals surface area contributed by atoms with Gasteiger partial charge in [0.25, 0.3) is 11.9 Å². The second kappa shape index (κ2) is 14.7. The van der Waals surface area contributed by atoms with Crippen LogP contribution in [-0.4, -0.2) is 103 Å². The number of aromatic nitrogens is 4. The Morgan fingerprint density at radius 1 is 0.949 bits per heavy atom. The number of aryl methyl sites for hydroxylation is 1. The lowest BCUT2D eigenvalue weighted by Crippen LogP contribution is -2.50. The van der Waals surface area contributed by atoms with Crippen LogP contribution in [0.15, 0.2) is 24.8 Å². The number of ether oxygens (including phenoxy) is 1. The van der Waals surface area contributed by atoms with Crippen molar-refractivity contribution in [1.29, 1.82) is 0 Å². The first-order valence-electron chi connectivity index (χ1n) is 13.4. The highest BCUT2D eigenvalue weighted by molar-refractivity contribution is 5.78. The number of piperidine rings is 1. The van der Waals surface area contributed by atoms with Crippen LogP contribution in [0.25, 0.3) is 11.4 Å². The Hall–Kier alpha value is -3.38. The quantitative estimate of drug-likeness (QED) is 0.531. The van der Waals surface area contributed by atoms with E-state index in [0.29, 0.717) is 19.0 Å². The average molecular weight is 545 g/mol.